The maximum absolute atomic E-state index is 13.1. The summed E-state index contributed by atoms with van der Waals surface area (Å²) in [5.41, 5.74) is -0.00249. The van der Waals surface area contributed by atoms with Gasteiger partial charge in [-0.1, -0.05) is 38.5 Å². The first-order valence-electron chi connectivity index (χ1n) is 12.0. The van der Waals surface area contributed by atoms with Gasteiger partial charge < -0.3 is 19.2 Å². The number of hydrogen-bond donors (Lipinski definition) is 1. The molecule has 1 aromatic heterocycles. The number of esters is 2. The van der Waals surface area contributed by atoms with Crippen LogP contribution in [0.25, 0.3) is 0 Å². The molecule has 0 bridgehead atoms. The van der Waals surface area contributed by atoms with Crippen LogP contribution < -0.4 is 10.2 Å². The second-order valence-corrected chi connectivity index (χ2v) is 8.59. The Morgan fingerprint density at radius 1 is 0.875 bits per heavy atom. The van der Waals surface area contributed by atoms with E-state index in [2.05, 4.69) is 5.32 Å². The Hall–Kier alpha value is -2.51. The third-order valence-electron chi connectivity index (χ3n) is 6.29. The lowest BCUT2D eigenvalue weighted by molar-refractivity contribution is -0.117. The van der Waals surface area contributed by atoms with Crippen molar-refractivity contribution in [3.05, 3.63) is 11.1 Å². The van der Waals surface area contributed by atoms with Crippen LogP contribution in [0.2, 0.25) is 0 Å². The first-order valence-corrected chi connectivity index (χ1v) is 12.0. The van der Waals surface area contributed by atoms with Crippen LogP contribution in [-0.4, -0.2) is 43.1 Å². The van der Waals surface area contributed by atoms with Gasteiger partial charge in [0.1, 0.15) is 11.1 Å². The standard InChI is InChI=1S/C24H36N2O6/c1-4-30-23(28)19-20(24(29)31-5-2)22(26(16(3)27)18-14-10-7-11-15-18)32-21(19)25-17-12-8-6-9-13-17/h17-18,25H,4-15H2,1-3H3. The van der Waals surface area contributed by atoms with E-state index in [4.69, 9.17) is 13.9 Å². The average Bonchev–Trinajstić information content (AvgIpc) is 3.14. The van der Waals surface area contributed by atoms with Crippen LogP contribution in [0.15, 0.2) is 4.42 Å². The van der Waals surface area contributed by atoms with E-state index in [0.717, 1.165) is 57.8 Å². The molecule has 0 aromatic carbocycles. The van der Waals surface area contributed by atoms with Crippen molar-refractivity contribution in [1.29, 1.82) is 0 Å². The van der Waals surface area contributed by atoms with Gasteiger partial charge in [-0.05, 0) is 39.5 Å². The highest BCUT2D eigenvalue weighted by atomic mass is 16.5. The summed E-state index contributed by atoms with van der Waals surface area (Å²) in [5, 5.41) is 3.33. The van der Waals surface area contributed by atoms with Crippen LogP contribution in [0, 0.1) is 0 Å². The number of carbonyl (C=O) groups excluding carboxylic acids is 3. The third-order valence-corrected chi connectivity index (χ3v) is 6.29. The van der Waals surface area contributed by atoms with Crippen molar-refractivity contribution in [2.24, 2.45) is 0 Å². The first-order chi connectivity index (χ1) is 15.5. The minimum atomic E-state index is -0.687. The van der Waals surface area contributed by atoms with Gasteiger partial charge in [0, 0.05) is 19.0 Å². The molecule has 0 unspecified atom stereocenters. The van der Waals surface area contributed by atoms with Crippen LogP contribution in [-0.2, 0) is 14.3 Å². The second-order valence-electron chi connectivity index (χ2n) is 8.59. The van der Waals surface area contributed by atoms with Crippen LogP contribution >= 0.6 is 0 Å². The normalized spacial score (nSPS) is 17.6. The van der Waals surface area contributed by atoms with Crippen LogP contribution in [0.4, 0.5) is 11.8 Å². The largest absolute Gasteiger partial charge is 0.462 e. The number of hydrogen-bond acceptors (Lipinski definition) is 7. The lowest BCUT2D eigenvalue weighted by Gasteiger charge is -2.32. The van der Waals surface area contributed by atoms with E-state index in [0.29, 0.717) is 0 Å². The summed E-state index contributed by atoms with van der Waals surface area (Å²) in [5.74, 6) is -1.29. The Labute approximate surface area is 190 Å². The molecule has 0 atom stereocenters. The topological polar surface area (TPSA) is 98.1 Å². The molecule has 2 aliphatic carbocycles. The number of anilines is 2. The van der Waals surface area contributed by atoms with E-state index < -0.39 is 11.9 Å². The number of amides is 1. The zero-order chi connectivity index (χ0) is 23.1. The predicted molar refractivity (Wildman–Crippen MR) is 121 cm³/mol. The second kappa shape index (κ2) is 11.4. The van der Waals surface area contributed by atoms with Gasteiger partial charge in [0.15, 0.2) is 0 Å². The zero-order valence-electron chi connectivity index (χ0n) is 19.5. The monoisotopic (exact) mass is 448 g/mol. The molecule has 2 aliphatic rings. The fourth-order valence-corrected chi connectivity index (χ4v) is 4.82. The lowest BCUT2D eigenvalue weighted by atomic mass is 9.94. The van der Waals surface area contributed by atoms with Crippen molar-refractivity contribution in [2.45, 2.75) is 97.1 Å². The Morgan fingerprint density at radius 2 is 1.41 bits per heavy atom. The molecular formula is C24H36N2O6. The summed E-state index contributed by atoms with van der Waals surface area (Å²) in [6.07, 6.45) is 10.0. The Morgan fingerprint density at radius 3 is 1.94 bits per heavy atom. The Kier molecular flexibility index (Phi) is 8.59. The van der Waals surface area contributed by atoms with Crippen molar-refractivity contribution in [2.75, 3.05) is 23.4 Å². The minimum Gasteiger partial charge on any atom is -0.462 e. The van der Waals surface area contributed by atoms with E-state index in [1.54, 1.807) is 18.7 Å². The van der Waals surface area contributed by atoms with Gasteiger partial charge in [-0.3, -0.25) is 9.69 Å². The van der Waals surface area contributed by atoms with E-state index in [1.165, 1.54) is 13.3 Å². The third kappa shape index (κ3) is 5.45. The van der Waals surface area contributed by atoms with Crippen molar-refractivity contribution in [3.8, 4) is 0 Å². The maximum atomic E-state index is 13.1. The highest BCUT2D eigenvalue weighted by Crippen LogP contribution is 2.39. The summed E-state index contributed by atoms with van der Waals surface area (Å²) < 4.78 is 16.7. The van der Waals surface area contributed by atoms with E-state index in [1.807, 2.05) is 0 Å². The molecule has 8 nitrogen and oxygen atoms in total. The maximum Gasteiger partial charge on any atom is 0.344 e. The van der Waals surface area contributed by atoms with Crippen LogP contribution in [0.3, 0.4) is 0 Å². The van der Waals surface area contributed by atoms with E-state index in [-0.39, 0.29) is 54.1 Å². The van der Waals surface area contributed by atoms with E-state index >= 15 is 0 Å². The van der Waals surface area contributed by atoms with Gasteiger partial charge in [0.05, 0.1) is 13.2 Å². The average molecular weight is 449 g/mol. The van der Waals surface area contributed by atoms with E-state index in [9.17, 15) is 14.4 Å². The number of furan rings is 1. The molecule has 178 valence electrons. The highest BCUT2D eigenvalue weighted by molar-refractivity contribution is 6.11. The Bertz CT molecular complexity index is 806. The molecule has 0 aliphatic heterocycles. The summed E-state index contributed by atoms with van der Waals surface area (Å²) in [6.45, 7) is 5.17. The molecule has 1 heterocycles. The molecule has 3 rings (SSSR count). The molecule has 1 amide bonds. The molecule has 8 heteroatoms. The van der Waals surface area contributed by atoms with Gasteiger partial charge in [-0.2, -0.15) is 0 Å². The van der Waals surface area contributed by atoms with Gasteiger partial charge >= 0.3 is 11.9 Å². The molecule has 2 saturated carbocycles. The number of nitrogens with zero attached hydrogens (tertiary/aromatic N) is 1. The van der Waals surface area contributed by atoms with Gasteiger partial charge in [-0.15, -0.1) is 0 Å². The quantitative estimate of drug-likeness (QED) is 0.555. The SMILES string of the molecule is CCOC(=O)c1c(NC2CCCCC2)oc(N(C(C)=O)C2CCCCC2)c1C(=O)OCC. The van der Waals surface area contributed by atoms with Gasteiger partial charge in [0.25, 0.3) is 0 Å². The fourth-order valence-electron chi connectivity index (χ4n) is 4.82. The summed E-state index contributed by atoms with van der Waals surface area (Å²) in [7, 11) is 0. The highest BCUT2D eigenvalue weighted by Gasteiger charge is 2.39. The van der Waals surface area contributed by atoms with Crippen molar-refractivity contribution in [3.63, 3.8) is 0 Å². The van der Waals surface area contributed by atoms with Crippen molar-refractivity contribution >= 4 is 29.6 Å². The van der Waals surface area contributed by atoms with Crippen LogP contribution in [0.1, 0.15) is 106 Å². The molecule has 0 saturated heterocycles. The summed E-state index contributed by atoms with van der Waals surface area (Å²) >= 11 is 0. The summed E-state index contributed by atoms with van der Waals surface area (Å²) in [4.78, 5) is 40.3. The molecule has 2 fully saturated rings. The molecule has 0 radical (unpaired) electrons. The van der Waals surface area contributed by atoms with Crippen molar-refractivity contribution in [1.82, 2.24) is 0 Å². The number of carbonyl (C=O) groups is 3. The summed E-state index contributed by atoms with van der Waals surface area (Å²) in [6, 6.07) is 0.0459. The smallest absolute Gasteiger partial charge is 0.344 e. The number of ether oxygens (including phenoxy) is 2. The predicted octanol–water partition coefficient (Wildman–Crippen LogP) is 5.06. The Balaban J connectivity index is 2.12. The lowest BCUT2D eigenvalue weighted by Crippen LogP contribution is -2.41. The van der Waals surface area contributed by atoms with Crippen LogP contribution in [0.5, 0.6) is 0 Å². The first kappa shape index (κ1) is 24.1. The molecule has 32 heavy (non-hydrogen) atoms. The molecule has 0 spiro atoms. The van der Waals surface area contributed by atoms with Gasteiger partial charge in [0.2, 0.25) is 17.7 Å². The number of nitrogens with one attached hydrogen (secondary N) is 1. The number of rotatable bonds is 8. The molecular weight excluding hydrogens is 412 g/mol. The fraction of sp³-hybridized carbons (Fsp3) is 0.708. The molecule has 1 aromatic rings. The van der Waals surface area contributed by atoms with Crippen molar-refractivity contribution < 1.29 is 28.3 Å². The molecule has 1 N–H and O–H groups in total. The minimum absolute atomic E-state index is 0.0212. The van der Waals surface area contributed by atoms with Gasteiger partial charge in [-0.25, -0.2) is 9.59 Å². The zero-order valence-corrected chi connectivity index (χ0v) is 19.5.